The first-order valence-electron chi connectivity index (χ1n) is 7.63. The van der Waals surface area contributed by atoms with E-state index in [0.717, 1.165) is 5.69 Å². The van der Waals surface area contributed by atoms with Crippen molar-refractivity contribution in [2.45, 2.75) is 19.2 Å². The number of hydrogen-bond acceptors (Lipinski definition) is 7. The number of aromatic nitrogens is 4. The number of hydrogen-bond donors (Lipinski definition) is 2. The van der Waals surface area contributed by atoms with E-state index in [4.69, 9.17) is 5.11 Å². The van der Waals surface area contributed by atoms with E-state index in [1.165, 1.54) is 11.1 Å². The first-order valence-corrected chi connectivity index (χ1v) is 7.63. The number of nitrogens with zero attached hydrogens (tertiary/aromatic N) is 6. The summed E-state index contributed by atoms with van der Waals surface area (Å²) in [6, 6.07) is 1.77. The highest BCUT2D eigenvalue weighted by atomic mass is 16.3. The van der Waals surface area contributed by atoms with Crippen molar-refractivity contribution in [1.29, 1.82) is 0 Å². The predicted octanol–water partition coefficient (Wildman–Crippen LogP) is -0.579. The third-order valence-electron chi connectivity index (χ3n) is 3.90. The van der Waals surface area contributed by atoms with Crippen molar-refractivity contribution in [2.75, 3.05) is 32.1 Å². The minimum atomic E-state index is -0.975. The summed E-state index contributed by atoms with van der Waals surface area (Å²) in [6.45, 7) is 1.47. The van der Waals surface area contributed by atoms with E-state index in [0.29, 0.717) is 36.8 Å². The zero-order valence-corrected chi connectivity index (χ0v) is 13.6. The summed E-state index contributed by atoms with van der Waals surface area (Å²) in [5.41, 5.74) is 1.67. The fraction of sp³-hybridized carbons (Fsp3) is 0.467. The molecule has 9 nitrogen and oxygen atoms in total. The predicted molar refractivity (Wildman–Crippen MR) is 85.4 cm³/mol. The maximum atomic E-state index is 12.0. The molecule has 2 N–H and O–H groups in total. The second-order valence-corrected chi connectivity index (χ2v) is 5.87. The summed E-state index contributed by atoms with van der Waals surface area (Å²) in [5, 5.41) is 23.1. The van der Waals surface area contributed by atoms with Crippen LogP contribution in [-0.2, 0) is 13.1 Å². The number of amides is 1. The van der Waals surface area contributed by atoms with Crippen LogP contribution in [0.4, 0.5) is 5.82 Å². The molecule has 2 aromatic rings. The molecule has 1 amide bonds. The van der Waals surface area contributed by atoms with E-state index in [2.05, 4.69) is 15.1 Å². The quantitative estimate of drug-likeness (QED) is 0.771. The largest absolute Gasteiger partial charge is 0.393 e. The van der Waals surface area contributed by atoms with Crippen LogP contribution in [0.5, 0.6) is 0 Å². The number of rotatable bonds is 4. The van der Waals surface area contributed by atoms with E-state index in [-0.39, 0.29) is 12.5 Å². The summed E-state index contributed by atoms with van der Waals surface area (Å²) in [7, 11) is 3.34. The lowest BCUT2D eigenvalue weighted by molar-refractivity contribution is 0.0821. The van der Waals surface area contributed by atoms with Crippen LogP contribution in [0, 0.1) is 0 Å². The minimum absolute atomic E-state index is 0.195. The van der Waals surface area contributed by atoms with Crippen LogP contribution in [0.25, 0.3) is 0 Å². The van der Waals surface area contributed by atoms with Crippen molar-refractivity contribution in [2.24, 2.45) is 0 Å². The molecule has 128 valence electrons. The number of carbonyl (C=O) groups excluding carboxylic acids is 1. The van der Waals surface area contributed by atoms with Gasteiger partial charge in [0, 0.05) is 20.6 Å². The van der Waals surface area contributed by atoms with E-state index in [1.807, 2.05) is 9.58 Å². The molecule has 0 aromatic carbocycles. The molecule has 24 heavy (non-hydrogen) atoms. The molecule has 9 heteroatoms. The van der Waals surface area contributed by atoms with Crippen molar-refractivity contribution < 1.29 is 15.0 Å². The standard InChI is InChI=1S/C15H20N6O3/c1-19(2)15(24)12-6-16-7-14(17-12)20-3-4-21-10(8-20)5-11(18-21)13(23)9-22/h5-7,13,22-23H,3-4,8-9H2,1-2H3. The average molecular weight is 332 g/mol. The Labute approximate surface area is 139 Å². The van der Waals surface area contributed by atoms with Crippen LogP contribution < -0.4 is 4.90 Å². The SMILES string of the molecule is CN(C)C(=O)c1cncc(N2CCn3nc(C(O)CO)cc3C2)n1. The Morgan fingerprint density at radius 2 is 2.17 bits per heavy atom. The molecule has 0 aliphatic carbocycles. The fourth-order valence-electron chi connectivity index (χ4n) is 2.58. The third-order valence-corrected chi connectivity index (χ3v) is 3.90. The van der Waals surface area contributed by atoms with Gasteiger partial charge in [-0.05, 0) is 6.07 Å². The Bertz CT molecular complexity index is 745. The van der Waals surface area contributed by atoms with Gasteiger partial charge in [0.05, 0.1) is 43.5 Å². The number of carbonyl (C=O) groups is 1. The maximum Gasteiger partial charge on any atom is 0.273 e. The molecule has 2 aromatic heterocycles. The van der Waals surface area contributed by atoms with Gasteiger partial charge in [0.1, 0.15) is 17.6 Å². The molecule has 0 radical (unpaired) electrons. The maximum absolute atomic E-state index is 12.0. The first kappa shape index (κ1) is 16.3. The molecule has 0 saturated carbocycles. The lowest BCUT2D eigenvalue weighted by atomic mass is 10.2. The minimum Gasteiger partial charge on any atom is -0.393 e. The monoisotopic (exact) mass is 332 g/mol. The molecular formula is C15H20N6O3. The molecule has 1 atom stereocenters. The molecular weight excluding hydrogens is 312 g/mol. The van der Waals surface area contributed by atoms with Crippen LogP contribution in [0.1, 0.15) is 28.0 Å². The summed E-state index contributed by atoms with van der Waals surface area (Å²) in [6.07, 6.45) is 2.11. The average Bonchev–Trinajstić information content (AvgIpc) is 3.03. The molecule has 1 unspecified atom stereocenters. The molecule has 3 heterocycles. The second-order valence-electron chi connectivity index (χ2n) is 5.87. The molecule has 3 rings (SSSR count). The highest BCUT2D eigenvalue weighted by molar-refractivity contribution is 5.91. The van der Waals surface area contributed by atoms with E-state index in [9.17, 15) is 9.90 Å². The van der Waals surface area contributed by atoms with Crippen molar-refractivity contribution in [3.8, 4) is 0 Å². The van der Waals surface area contributed by atoms with Gasteiger partial charge >= 0.3 is 0 Å². The first-order chi connectivity index (χ1) is 11.5. The smallest absolute Gasteiger partial charge is 0.273 e. The fourth-order valence-corrected chi connectivity index (χ4v) is 2.58. The van der Waals surface area contributed by atoms with Crippen LogP contribution >= 0.6 is 0 Å². The Kier molecular flexibility index (Phi) is 4.45. The Morgan fingerprint density at radius 1 is 1.38 bits per heavy atom. The number of anilines is 1. The Morgan fingerprint density at radius 3 is 2.88 bits per heavy atom. The van der Waals surface area contributed by atoms with Crippen LogP contribution in [0.2, 0.25) is 0 Å². The van der Waals surface area contributed by atoms with Crippen molar-refractivity contribution >= 4 is 11.7 Å². The normalized spacial score (nSPS) is 15.1. The molecule has 1 aliphatic rings. The highest BCUT2D eigenvalue weighted by Gasteiger charge is 2.22. The summed E-state index contributed by atoms with van der Waals surface area (Å²) >= 11 is 0. The summed E-state index contributed by atoms with van der Waals surface area (Å²) in [4.78, 5) is 24.0. The Hall–Kier alpha value is -2.52. The van der Waals surface area contributed by atoms with E-state index >= 15 is 0 Å². The molecule has 0 bridgehead atoms. The van der Waals surface area contributed by atoms with Gasteiger partial charge in [-0.2, -0.15) is 5.10 Å². The van der Waals surface area contributed by atoms with E-state index in [1.54, 1.807) is 26.4 Å². The zero-order chi connectivity index (χ0) is 17.3. The van der Waals surface area contributed by atoms with Crippen LogP contribution in [-0.4, -0.2) is 68.0 Å². The van der Waals surface area contributed by atoms with Crippen LogP contribution in [0.3, 0.4) is 0 Å². The van der Waals surface area contributed by atoms with Gasteiger partial charge in [-0.15, -0.1) is 0 Å². The van der Waals surface area contributed by atoms with Gasteiger partial charge in [-0.1, -0.05) is 0 Å². The van der Waals surface area contributed by atoms with Gasteiger partial charge in [-0.25, -0.2) is 4.98 Å². The highest BCUT2D eigenvalue weighted by Crippen LogP contribution is 2.21. The van der Waals surface area contributed by atoms with Crippen LogP contribution in [0.15, 0.2) is 18.5 Å². The number of fused-ring (bicyclic) bond motifs is 1. The number of aliphatic hydroxyl groups excluding tert-OH is 2. The topological polar surface area (TPSA) is 108 Å². The lowest BCUT2D eigenvalue weighted by Crippen LogP contribution is -2.35. The second kappa shape index (κ2) is 6.54. The van der Waals surface area contributed by atoms with E-state index < -0.39 is 6.10 Å². The third kappa shape index (κ3) is 3.08. The van der Waals surface area contributed by atoms with Gasteiger partial charge in [0.2, 0.25) is 0 Å². The lowest BCUT2D eigenvalue weighted by Gasteiger charge is -2.28. The van der Waals surface area contributed by atoms with Gasteiger partial charge in [0.15, 0.2) is 0 Å². The van der Waals surface area contributed by atoms with Gasteiger partial charge in [0.25, 0.3) is 5.91 Å². The zero-order valence-electron chi connectivity index (χ0n) is 13.6. The van der Waals surface area contributed by atoms with Gasteiger partial charge in [-0.3, -0.25) is 14.5 Å². The van der Waals surface area contributed by atoms with Crippen molar-refractivity contribution in [3.63, 3.8) is 0 Å². The van der Waals surface area contributed by atoms with Crippen molar-refractivity contribution in [3.05, 3.63) is 35.5 Å². The molecule has 0 spiro atoms. The number of aliphatic hydroxyl groups is 2. The molecule has 0 fully saturated rings. The van der Waals surface area contributed by atoms with Gasteiger partial charge < -0.3 is 20.0 Å². The molecule has 0 saturated heterocycles. The summed E-state index contributed by atoms with van der Waals surface area (Å²) < 4.78 is 1.81. The summed E-state index contributed by atoms with van der Waals surface area (Å²) in [5.74, 6) is 0.430. The van der Waals surface area contributed by atoms with Crippen molar-refractivity contribution in [1.82, 2.24) is 24.6 Å². The Balaban J connectivity index is 1.81. The molecule has 1 aliphatic heterocycles.